The highest BCUT2D eigenvalue weighted by Crippen LogP contribution is 2.26. The predicted octanol–water partition coefficient (Wildman–Crippen LogP) is 2.75. The molecule has 0 fully saturated rings. The van der Waals surface area contributed by atoms with Crippen LogP contribution in [0.5, 0.6) is 0 Å². The Morgan fingerprint density at radius 2 is 2.23 bits per heavy atom. The number of methoxy groups -OCH3 is 1. The van der Waals surface area contributed by atoms with Crippen LogP contribution in [0.4, 0.5) is 0 Å². The van der Waals surface area contributed by atoms with Gasteiger partial charge in [-0.3, -0.25) is 0 Å². The number of thioether (sulfide) groups is 1. The fraction of sp³-hybridized carbons (Fsp3) is 0.214. The molecule has 0 amide bonds. The number of hydrogen-bond donors (Lipinski definition) is 0. The van der Waals surface area contributed by atoms with E-state index in [1.165, 1.54) is 18.9 Å². The van der Waals surface area contributed by atoms with Gasteiger partial charge in [-0.2, -0.15) is 0 Å². The van der Waals surface area contributed by atoms with Crippen LogP contribution in [0, 0.1) is 0 Å². The van der Waals surface area contributed by atoms with Crippen LogP contribution >= 0.6 is 11.8 Å². The number of aromatic nitrogens is 3. The first-order valence-electron chi connectivity index (χ1n) is 6.42. The molecule has 0 aromatic carbocycles. The lowest BCUT2D eigenvalue weighted by Gasteiger charge is -2.01. The zero-order valence-electron chi connectivity index (χ0n) is 12.0. The summed E-state index contributed by atoms with van der Waals surface area (Å²) >= 11 is 1.45. The smallest absolute Gasteiger partial charge is 0.373 e. The molecule has 0 unspecified atom stereocenters. The Kier molecular flexibility index (Phi) is 4.01. The third-order valence-electron chi connectivity index (χ3n) is 2.97. The van der Waals surface area contributed by atoms with E-state index in [1.54, 1.807) is 24.5 Å². The quantitative estimate of drug-likeness (QED) is 0.528. The molecule has 22 heavy (non-hydrogen) atoms. The minimum atomic E-state index is -0.491. The number of esters is 1. The van der Waals surface area contributed by atoms with Gasteiger partial charge in [0.25, 0.3) is 0 Å². The molecular weight excluding hydrogens is 306 g/mol. The van der Waals surface area contributed by atoms with Gasteiger partial charge in [0.15, 0.2) is 16.7 Å². The van der Waals surface area contributed by atoms with Crippen LogP contribution in [0.25, 0.3) is 11.6 Å². The summed E-state index contributed by atoms with van der Waals surface area (Å²) in [5.41, 5.74) is 0. The molecule has 3 aromatic heterocycles. The SMILES string of the molecule is COC(=O)c1ccc(CSc2nnc(-c3ccco3)n2C)o1. The van der Waals surface area contributed by atoms with E-state index < -0.39 is 5.97 Å². The third kappa shape index (κ3) is 2.77. The molecule has 0 bridgehead atoms. The molecule has 0 aliphatic carbocycles. The lowest BCUT2D eigenvalue weighted by Crippen LogP contribution is -1.98. The van der Waals surface area contributed by atoms with Gasteiger partial charge in [0.05, 0.1) is 19.1 Å². The molecule has 0 spiro atoms. The zero-order valence-corrected chi connectivity index (χ0v) is 12.8. The Morgan fingerprint density at radius 1 is 1.36 bits per heavy atom. The third-order valence-corrected chi connectivity index (χ3v) is 4.01. The molecule has 3 aromatic rings. The Balaban J connectivity index is 1.69. The van der Waals surface area contributed by atoms with Crippen molar-refractivity contribution in [2.24, 2.45) is 7.05 Å². The van der Waals surface area contributed by atoms with Gasteiger partial charge in [-0.1, -0.05) is 11.8 Å². The Labute approximate surface area is 130 Å². The molecule has 7 nitrogen and oxygen atoms in total. The summed E-state index contributed by atoms with van der Waals surface area (Å²) in [5.74, 6) is 2.20. The average molecular weight is 319 g/mol. The molecule has 114 valence electrons. The molecular formula is C14H13N3O4S. The lowest BCUT2D eigenvalue weighted by molar-refractivity contribution is 0.0563. The fourth-order valence-electron chi connectivity index (χ4n) is 1.86. The van der Waals surface area contributed by atoms with Crippen LogP contribution in [0.3, 0.4) is 0 Å². The van der Waals surface area contributed by atoms with Gasteiger partial charge in [0.2, 0.25) is 5.76 Å². The highest BCUT2D eigenvalue weighted by atomic mass is 32.2. The summed E-state index contributed by atoms with van der Waals surface area (Å²) in [7, 11) is 3.18. The molecule has 3 heterocycles. The van der Waals surface area contributed by atoms with Gasteiger partial charge in [-0.05, 0) is 24.3 Å². The standard InChI is InChI=1S/C14H13N3O4S/c1-17-12(10-4-3-7-20-10)15-16-14(17)22-8-9-5-6-11(21-9)13(18)19-2/h3-7H,8H2,1-2H3. The van der Waals surface area contributed by atoms with Crippen molar-refractivity contribution >= 4 is 17.7 Å². The van der Waals surface area contributed by atoms with Crippen LogP contribution in [-0.4, -0.2) is 27.8 Å². The lowest BCUT2D eigenvalue weighted by atomic mass is 10.4. The van der Waals surface area contributed by atoms with Gasteiger partial charge in [-0.15, -0.1) is 10.2 Å². The first kappa shape index (κ1) is 14.5. The summed E-state index contributed by atoms with van der Waals surface area (Å²) in [5, 5.41) is 8.96. The van der Waals surface area contributed by atoms with Crippen molar-refractivity contribution in [1.82, 2.24) is 14.8 Å². The van der Waals surface area contributed by atoms with Crippen LogP contribution in [0.15, 0.2) is 44.5 Å². The van der Waals surface area contributed by atoms with Crippen molar-refractivity contribution in [3.05, 3.63) is 42.0 Å². The van der Waals surface area contributed by atoms with Gasteiger partial charge in [0, 0.05) is 7.05 Å². The molecule has 0 aliphatic heterocycles. The summed E-state index contributed by atoms with van der Waals surface area (Å²) in [4.78, 5) is 11.3. The molecule has 0 saturated heterocycles. The van der Waals surface area contributed by atoms with E-state index in [-0.39, 0.29) is 5.76 Å². The second kappa shape index (κ2) is 6.10. The Hall–Kier alpha value is -2.48. The van der Waals surface area contributed by atoms with Crippen LogP contribution < -0.4 is 0 Å². The highest BCUT2D eigenvalue weighted by molar-refractivity contribution is 7.98. The molecule has 8 heteroatoms. The molecule has 0 N–H and O–H groups in total. The molecule has 0 aliphatic rings. The molecule has 0 radical (unpaired) electrons. The van der Waals surface area contributed by atoms with Gasteiger partial charge < -0.3 is 18.1 Å². The molecule has 0 saturated carbocycles. The van der Waals surface area contributed by atoms with Crippen LogP contribution in [-0.2, 0) is 17.5 Å². The summed E-state index contributed by atoms with van der Waals surface area (Å²) in [6.07, 6.45) is 1.59. The Morgan fingerprint density at radius 3 is 2.95 bits per heavy atom. The second-order valence-corrected chi connectivity index (χ2v) is 5.33. The first-order valence-corrected chi connectivity index (χ1v) is 7.40. The maximum absolute atomic E-state index is 11.3. The first-order chi connectivity index (χ1) is 10.7. The highest BCUT2D eigenvalue weighted by Gasteiger charge is 2.15. The largest absolute Gasteiger partial charge is 0.463 e. The number of rotatable bonds is 5. The normalized spacial score (nSPS) is 10.8. The van der Waals surface area contributed by atoms with Crippen molar-refractivity contribution in [1.29, 1.82) is 0 Å². The minimum absolute atomic E-state index is 0.187. The number of furan rings is 2. The van der Waals surface area contributed by atoms with Gasteiger partial charge in [0.1, 0.15) is 5.76 Å². The predicted molar refractivity (Wildman–Crippen MR) is 78.3 cm³/mol. The monoisotopic (exact) mass is 319 g/mol. The number of carbonyl (C=O) groups excluding carboxylic acids is 1. The second-order valence-electron chi connectivity index (χ2n) is 4.39. The van der Waals surface area contributed by atoms with E-state index in [0.29, 0.717) is 23.1 Å². The van der Waals surface area contributed by atoms with Crippen molar-refractivity contribution in [2.45, 2.75) is 10.9 Å². The maximum Gasteiger partial charge on any atom is 0.373 e. The van der Waals surface area contributed by atoms with Crippen molar-refractivity contribution in [2.75, 3.05) is 7.11 Å². The Bertz CT molecular complexity index is 776. The number of carbonyl (C=O) groups is 1. The summed E-state index contributed by atoms with van der Waals surface area (Å²) in [6.45, 7) is 0. The van der Waals surface area contributed by atoms with E-state index in [2.05, 4.69) is 14.9 Å². The van der Waals surface area contributed by atoms with Crippen LogP contribution in [0.1, 0.15) is 16.3 Å². The summed E-state index contributed by atoms with van der Waals surface area (Å²) in [6, 6.07) is 6.96. The van der Waals surface area contributed by atoms with E-state index in [1.807, 2.05) is 17.7 Å². The topological polar surface area (TPSA) is 83.3 Å². The average Bonchev–Trinajstić information content (AvgIpc) is 3.25. The minimum Gasteiger partial charge on any atom is -0.463 e. The fourth-order valence-corrected chi connectivity index (χ4v) is 2.67. The molecule has 3 rings (SSSR count). The van der Waals surface area contributed by atoms with Crippen molar-refractivity contribution in [3.8, 4) is 11.6 Å². The van der Waals surface area contributed by atoms with Gasteiger partial charge in [-0.25, -0.2) is 4.79 Å². The van der Waals surface area contributed by atoms with E-state index in [0.717, 1.165) is 5.16 Å². The van der Waals surface area contributed by atoms with Crippen molar-refractivity contribution < 1.29 is 18.4 Å². The van der Waals surface area contributed by atoms with E-state index in [9.17, 15) is 4.79 Å². The maximum atomic E-state index is 11.3. The number of nitrogens with zero attached hydrogens (tertiary/aromatic N) is 3. The van der Waals surface area contributed by atoms with Crippen molar-refractivity contribution in [3.63, 3.8) is 0 Å². The number of hydrogen-bond acceptors (Lipinski definition) is 7. The summed E-state index contributed by atoms with van der Waals surface area (Å²) < 4.78 is 17.2. The number of ether oxygens (including phenoxy) is 1. The van der Waals surface area contributed by atoms with Crippen LogP contribution in [0.2, 0.25) is 0 Å². The van der Waals surface area contributed by atoms with Gasteiger partial charge >= 0.3 is 5.97 Å². The molecule has 0 atom stereocenters. The van der Waals surface area contributed by atoms with E-state index in [4.69, 9.17) is 8.83 Å². The van der Waals surface area contributed by atoms with E-state index >= 15 is 0 Å². The zero-order chi connectivity index (χ0) is 15.5.